The number of nitrogens with one attached hydrogen (secondary N) is 1. The number of amides is 1. The van der Waals surface area contributed by atoms with Gasteiger partial charge in [0.15, 0.2) is 0 Å². The molecule has 0 aliphatic carbocycles. The molecule has 3 heterocycles. The first-order chi connectivity index (χ1) is 11.6. The van der Waals surface area contributed by atoms with Crippen LogP contribution in [0.15, 0.2) is 15.4 Å². The minimum Gasteiger partial charge on any atom is -0.379 e. The van der Waals surface area contributed by atoms with Crippen LogP contribution in [-0.2, 0) is 27.3 Å². The van der Waals surface area contributed by atoms with Crippen molar-refractivity contribution >= 4 is 17.2 Å². The molecular formula is C16H21N3O4S. The second-order valence-corrected chi connectivity index (χ2v) is 6.57. The largest absolute Gasteiger partial charge is 0.379 e. The van der Waals surface area contributed by atoms with Gasteiger partial charge in [-0.3, -0.25) is 4.79 Å². The van der Waals surface area contributed by atoms with Crippen LogP contribution >= 0.6 is 11.3 Å². The number of hydrogen-bond acceptors (Lipinski definition) is 7. The minimum atomic E-state index is -0.162. The summed E-state index contributed by atoms with van der Waals surface area (Å²) < 4.78 is 16.7. The summed E-state index contributed by atoms with van der Waals surface area (Å²) in [5.41, 5.74) is 4.31. The minimum absolute atomic E-state index is 0.0673. The van der Waals surface area contributed by atoms with E-state index in [-0.39, 0.29) is 24.5 Å². The molecule has 1 amide bonds. The Morgan fingerprint density at radius 3 is 3.08 bits per heavy atom. The van der Waals surface area contributed by atoms with E-state index in [4.69, 9.17) is 14.0 Å². The maximum Gasteiger partial charge on any atom is 0.226 e. The lowest BCUT2D eigenvalue weighted by Gasteiger charge is -2.32. The maximum atomic E-state index is 12.2. The van der Waals surface area contributed by atoms with Crippen LogP contribution in [0.25, 0.3) is 0 Å². The summed E-state index contributed by atoms with van der Waals surface area (Å²) in [6, 6.07) is -0.162. The first-order valence-electron chi connectivity index (χ1n) is 7.91. The highest BCUT2D eigenvalue weighted by Gasteiger charge is 2.28. The Morgan fingerprint density at radius 1 is 1.50 bits per heavy atom. The van der Waals surface area contributed by atoms with E-state index in [0.717, 1.165) is 29.1 Å². The van der Waals surface area contributed by atoms with Crippen molar-refractivity contribution in [1.82, 2.24) is 15.5 Å². The zero-order chi connectivity index (χ0) is 16.9. The normalized spacial score (nSPS) is 20.9. The van der Waals surface area contributed by atoms with Crippen LogP contribution < -0.4 is 5.32 Å². The Balaban J connectivity index is 1.56. The molecule has 0 unspecified atom stereocenters. The number of aromatic nitrogens is 2. The quantitative estimate of drug-likeness (QED) is 0.854. The molecule has 2 aromatic heterocycles. The zero-order valence-electron chi connectivity index (χ0n) is 13.8. The van der Waals surface area contributed by atoms with Gasteiger partial charge in [0.05, 0.1) is 48.7 Å². The van der Waals surface area contributed by atoms with Crippen molar-refractivity contribution in [2.24, 2.45) is 0 Å². The SMILES string of the molecule is Cc1noc(C)c1CO[C@@H]1CCOC[C@@H]1NC(=O)Cc1cscn1. The van der Waals surface area contributed by atoms with E-state index < -0.39 is 0 Å². The average Bonchev–Trinajstić information content (AvgIpc) is 3.17. The van der Waals surface area contributed by atoms with E-state index in [1.54, 1.807) is 5.51 Å². The number of nitrogens with zero attached hydrogens (tertiary/aromatic N) is 2. The van der Waals surface area contributed by atoms with Gasteiger partial charge in [-0.1, -0.05) is 5.16 Å². The van der Waals surface area contributed by atoms with Gasteiger partial charge in [-0.15, -0.1) is 11.3 Å². The molecule has 0 radical (unpaired) electrons. The Bertz CT molecular complexity index is 651. The van der Waals surface area contributed by atoms with Crippen LogP contribution in [0.2, 0.25) is 0 Å². The van der Waals surface area contributed by atoms with Crippen LogP contribution in [0.3, 0.4) is 0 Å². The molecular weight excluding hydrogens is 330 g/mol. The van der Waals surface area contributed by atoms with E-state index in [9.17, 15) is 4.79 Å². The topological polar surface area (TPSA) is 86.5 Å². The highest BCUT2D eigenvalue weighted by molar-refractivity contribution is 7.07. The van der Waals surface area contributed by atoms with Crippen molar-refractivity contribution in [2.45, 2.75) is 45.4 Å². The zero-order valence-corrected chi connectivity index (χ0v) is 14.6. The fourth-order valence-corrected chi connectivity index (χ4v) is 3.26. The molecule has 2 aromatic rings. The molecule has 0 spiro atoms. The van der Waals surface area contributed by atoms with E-state index in [2.05, 4.69) is 15.5 Å². The average molecular weight is 351 g/mol. The molecule has 1 aliphatic rings. The molecule has 0 bridgehead atoms. The summed E-state index contributed by atoms with van der Waals surface area (Å²) in [6.07, 6.45) is 0.925. The second kappa shape index (κ2) is 7.87. The Hall–Kier alpha value is -1.77. The van der Waals surface area contributed by atoms with E-state index in [0.29, 0.717) is 19.8 Å². The second-order valence-electron chi connectivity index (χ2n) is 5.85. The Kier molecular flexibility index (Phi) is 5.60. The fraction of sp³-hybridized carbons (Fsp3) is 0.562. The predicted molar refractivity (Wildman–Crippen MR) is 87.7 cm³/mol. The highest BCUT2D eigenvalue weighted by atomic mass is 32.1. The van der Waals surface area contributed by atoms with Crippen LogP contribution in [0.4, 0.5) is 0 Å². The Labute approximate surface area is 144 Å². The summed E-state index contributed by atoms with van der Waals surface area (Å²) in [5.74, 6) is 0.700. The Morgan fingerprint density at radius 2 is 2.38 bits per heavy atom. The molecule has 2 atom stereocenters. The molecule has 1 N–H and O–H groups in total. The van der Waals surface area contributed by atoms with Gasteiger partial charge in [0, 0.05) is 17.6 Å². The van der Waals surface area contributed by atoms with Gasteiger partial charge in [0.2, 0.25) is 5.91 Å². The third-order valence-electron chi connectivity index (χ3n) is 4.09. The summed E-state index contributed by atoms with van der Waals surface area (Å²) in [7, 11) is 0. The molecule has 0 aromatic carbocycles. The van der Waals surface area contributed by atoms with Crippen LogP contribution in [0.1, 0.15) is 29.1 Å². The van der Waals surface area contributed by atoms with E-state index in [1.807, 2.05) is 19.2 Å². The third kappa shape index (κ3) is 4.19. The molecule has 3 rings (SSSR count). The number of thiazole rings is 1. The van der Waals surface area contributed by atoms with Gasteiger partial charge in [0.1, 0.15) is 5.76 Å². The van der Waals surface area contributed by atoms with Gasteiger partial charge in [-0.25, -0.2) is 4.98 Å². The molecule has 8 heteroatoms. The summed E-state index contributed by atoms with van der Waals surface area (Å²) in [4.78, 5) is 16.3. The first-order valence-corrected chi connectivity index (χ1v) is 8.85. The maximum absolute atomic E-state index is 12.2. The lowest BCUT2D eigenvalue weighted by atomic mass is 10.1. The highest BCUT2D eigenvalue weighted by Crippen LogP contribution is 2.18. The number of rotatable bonds is 6. The van der Waals surface area contributed by atoms with Gasteiger partial charge in [0.25, 0.3) is 0 Å². The summed E-state index contributed by atoms with van der Waals surface area (Å²) in [6.45, 7) is 5.27. The molecule has 1 aliphatic heterocycles. The lowest BCUT2D eigenvalue weighted by molar-refractivity contribution is -0.126. The summed E-state index contributed by atoms with van der Waals surface area (Å²) in [5, 5.41) is 8.81. The standard InChI is InChI=1S/C16H21N3O4S/c1-10-13(11(2)23-19-10)6-22-15-3-4-21-7-14(15)18-16(20)5-12-8-24-9-17-12/h8-9,14-15H,3-7H2,1-2H3,(H,18,20)/t14-,15+/m0/s1. The number of carbonyl (C=O) groups excluding carboxylic acids is 1. The predicted octanol–water partition coefficient (Wildman–Crippen LogP) is 1.78. The smallest absolute Gasteiger partial charge is 0.226 e. The molecule has 7 nitrogen and oxygen atoms in total. The van der Waals surface area contributed by atoms with Crippen LogP contribution in [0.5, 0.6) is 0 Å². The number of hydrogen-bond donors (Lipinski definition) is 1. The van der Waals surface area contributed by atoms with Crippen molar-refractivity contribution < 1.29 is 18.8 Å². The molecule has 24 heavy (non-hydrogen) atoms. The number of carbonyl (C=O) groups is 1. The van der Waals surface area contributed by atoms with Gasteiger partial charge in [-0.2, -0.15) is 0 Å². The van der Waals surface area contributed by atoms with Crippen LogP contribution in [0, 0.1) is 13.8 Å². The van der Waals surface area contributed by atoms with Crippen LogP contribution in [-0.4, -0.2) is 41.4 Å². The van der Waals surface area contributed by atoms with Gasteiger partial charge < -0.3 is 19.3 Å². The third-order valence-corrected chi connectivity index (χ3v) is 4.72. The molecule has 130 valence electrons. The monoisotopic (exact) mass is 351 g/mol. The van der Waals surface area contributed by atoms with Gasteiger partial charge >= 0.3 is 0 Å². The first kappa shape index (κ1) is 17.1. The van der Waals surface area contributed by atoms with Crippen molar-refractivity contribution in [3.63, 3.8) is 0 Å². The summed E-state index contributed by atoms with van der Waals surface area (Å²) >= 11 is 1.48. The number of ether oxygens (including phenoxy) is 2. The van der Waals surface area contributed by atoms with Crippen molar-refractivity contribution in [2.75, 3.05) is 13.2 Å². The molecule has 0 saturated carbocycles. The van der Waals surface area contributed by atoms with Gasteiger partial charge in [-0.05, 0) is 20.3 Å². The number of aryl methyl sites for hydroxylation is 2. The van der Waals surface area contributed by atoms with E-state index in [1.165, 1.54) is 11.3 Å². The molecule has 1 saturated heterocycles. The lowest BCUT2D eigenvalue weighted by Crippen LogP contribution is -2.50. The van der Waals surface area contributed by atoms with E-state index >= 15 is 0 Å². The van der Waals surface area contributed by atoms with Crippen molar-refractivity contribution in [3.8, 4) is 0 Å². The molecule has 1 fully saturated rings. The van der Waals surface area contributed by atoms with Crippen molar-refractivity contribution in [1.29, 1.82) is 0 Å². The van der Waals surface area contributed by atoms with Crippen molar-refractivity contribution in [3.05, 3.63) is 33.6 Å². The fourth-order valence-electron chi connectivity index (χ4n) is 2.70.